The molecule has 4 rings (SSSR count). The number of alkyl carbamates (subject to hydrolysis) is 1. The van der Waals surface area contributed by atoms with E-state index < -0.39 is 18.2 Å². The number of rotatable bonds is 8. The Balaban J connectivity index is 1.23. The average Bonchev–Trinajstić information content (AvgIpc) is 3.49. The number of hydrogen-bond donors (Lipinski definition) is 4. The van der Waals surface area contributed by atoms with Gasteiger partial charge < -0.3 is 25.6 Å². The maximum Gasteiger partial charge on any atom is 0.407 e. The number of hydrogen-bond acceptors (Lipinski definition) is 5. The molecule has 0 radical (unpaired) electrons. The predicted molar refractivity (Wildman–Crippen MR) is 111 cm³/mol. The summed E-state index contributed by atoms with van der Waals surface area (Å²) in [6.07, 6.45) is -1.56. The molecule has 2 aromatic rings. The van der Waals surface area contributed by atoms with Crippen LogP contribution >= 0.6 is 0 Å². The summed E-state index contributed by atoms with van der Waals surface area (Å²) in [7, 11) is 0. The van der Waals surface area contributed by atoms with Crippen LogP contribution in [-0.4, -0.2) is 54.0 Å². The highest BCUT2D eigenvalue weighted by molar-refractivity contribution is 5.83. The Bertz CT molecular complexity index is 962. The van der Waals surface area contributed by atoms with Crippen molar-refractivity contribution >= 4 is 18.0 Å². The smallest absolute Gasteiger partial charge is 0.407 e. The van der Waals surface area contributed by atoms with Crippen LogP contribution in [0.5, 0.6) is 0 Å². The van der Waals surface area contributed by atoms with Gasteiger partial charge in [0.05, 0.1) is 6.54 Å². The zero-order chi connectivity index (χ0) is 22.0. The molecule has 4 N–H and O–H groups in total. The van der Waals surface area contributed by atoms with Gasteiger partial charge in [0.15, 0.2) is 6.10 Å². The summed E-state index contributed by atoms with van der Waals surface area (Å²) in [6, 6.07) is 16.2. The lowest BCUT2D eigenvalue weighted by atomic mass is 9.98. The van der Waals surface area contributed by atoms with Gasteiger partial charge in [0.1, 0.15) is 6.61 Å². The van der Waals surface area contributed by atoms with Crippen LogP contribution in [0.3, 0.4) is 0 Å². The maximum absolute atomic E-state index is 12.2. The minimum Gasteiger partial charge on any atom is -0.479 e. The number of nitrogens with one attached hydrogen (secondary N) is 2. The van der Waals surface area contributed by atoms with Gasteiger partial charge in [-0.25, -0.2) is 9.59 Å². The number of carbonyl (C=O) groups is 3. The predicted octanol–water partition coefficient (Wildman–Crippen LogP) is 1.72. The molecule has 1 fully saturated rings. The molecule has 8 heteroatoms. The van der Waals surface area contributed by atoms with Crippen LogP contribution in [0.1, 0.15) is 23.5 Å². The van der Waals surface area contributed by atoms with Crippen LogP contribution in [0.15, 0.2) is 48.5 Å². The number of carbonyl (C=O) groups excluding carboxylic acids is 2. The van der Waals surface area contributed by atoms with Gasteiger partial charge in [0, 0.05) is 18.4 Å². The van der Waals surface area contributed by atoms with Gasteiger partial charge in [-0.3, -0.25) is 4.79 Å². The number of amides is 2. The van der Waals surface area contributed by atoms with E-state index in [0.29, 0.717) is 13.0 Å². The number of fused-ring (bicyclic) bond motifs is 3. The average molecular weight is 424 g/mol. The van der Waals surface area contributed by atoms with Crippen LogP contribution in [0.2, 0.25) is 0 Å². The number of ether oxygens (including phenoxy) is 1. The van der Waals surface area contributed by atoms with E-state index in [-0.39, 0.29) is 36.8 Å². The minimum absolute atomic E-state index is 0.0155. The molecule has 8 nitrogen and oxygen atoms in total. The van der Waals surface area contributed by atoms with Crippen molar-refractivity contribution in [1.29, 1.82) is 0 Å². The first-order valence-electron chi connectivity index (χ1n) is 10.2. The second-order valence-electron chi connectivity index (χ2n) is 7.91. The van der Waals surface area contributed by atoms with E-state index in [9.17, 15) is 19.5 Å². The molecule has 0 saturated heterocycles. The van der Waals surface area contributed by atoms with Crippen molar-refractivity contribution in [3.05, 3.63) is 59.7 Å². The lowest BCUT2D eigenvalue weighted by molar-refractivity contribution is -0.146. The van der Waals surface area contributed by atoms with E-state index >= 15 is 0 Å². The van der Waals surface area contributed by atoms with Crippen molar-refractivity contribution in [2.75, 3.05) is 19.7 Å². The normalized spacial score (nSPS) is 19.6. The standard InChI is InChI=1S/C23H24N2O6/c26-20(22(28)29)11-24-21(27)18-9-13(18)10-25-23(30)31-12-19-16-7-3-1-5-14(16)15-6-2-4-8-17(15)19/h1-8,13,18-20,26H,9-12H2,(H,24,27)(H,25,30)(H,28,29)/t13-,18-,20?/m0/s1. The van der Waals surface area contributed by atoms with E-state index in [1.807, 2.05) is 24.3 Å². The van der Waals surface area contributed by atoms with Gasteiger partial charge in [-0.05, 0) is 34.6 Å². The molecule has 1 saturated carbocycles. The molecule has 162 valence electrons. The number of aliphatic carboxylic acids is 1. The SMILES string of the molecule is O=C(NC[C@@H]1C[C@@H]1C(=O)NCC(O)C(=O)O)OCC1c2ccccc2-c2ccccc21. The summed E-state index contributed by atoms with van der Waals surface area (Å²) in [6.45, 7) is 0.189. The molecule has 0 aliphatic heterocycles. The van der Waals surface area contributed by atoms with Crippen molar-refractivity contribution in [2.45, 2.75) is 18.4 Å². The maximum atomic E-state index is 12.2. The molecule has 1 unspecified atom stereocenters. The number of carboxylic acids is 1. The van der Waals surface area contributed by atoms with Crippen LogP contribution in [-0.2, 0) is 14.3 Å². The summed E-state index contributed by atoms with van der Waals surface area (Å²) in [5.74, 6) is -2.04. The van der Waals surface area contributed by atoms with Crippen LogP contribution in [0, 0.1) is 11.8 Å². The Morgan fingerprint density at radius 2 is 1.61 bits per heavy atom. The molecule has 2 aliphatic carbocycles. The monoisotopic (exact) mass is 424 g/mol. The van der Waals surface area contributed by atoms with Gasteiger partial charge in [0.2, 0.25) is 5.91 Å². The molecule has 0 bridgehead atoms. The Labute approximate surface area is 179 Å². The Kier molecular flexibility index (Phi) is 5.90. The third-order valence-corrected chi connectivity index (χ3v) is 5.87. The number of aliphatic hydroxyl groups excluding tert-OH is 1. The van der Waals surface area contributed by atoms with E-state index in [1.165, 1.54) is 0 Å². The molecular weight excluding hydrogens is 400 g/mol. The number of carboxylic acid groups (broad SMARTS) is 1. The van der Waals surface area contributed by atoms with Gasteiger partial charge in [-0.15, -0.1) is 0 Å². The van der Waals surface area contributed by atoms with E-state index in [4.69, 9.17) is 9.84 Å². The van der Waals surface area contributed by atoms with Gasteiger partial charge >= 0.3 is 12.1 Å². The molecule has 0 spiro atoms. The van der Waals surface area contributed by atoms with Crippen molar-refractivity contribution < 1.29 is 29.3 Å². The van der Waals surface area contributed by atoms with E-state index in [2.05, 4.69) is 34.9 Å². The Morgan fingerprint density at radius 3 is 2.23 bits per heavy atom. The largest absolute Gasteiger partial charge is 0.479 e. The van der Waals surface area contributed by atoms with Crippen LogP contribution in [0.4, 0.5) is 4.79 Å². The molecule has 2 amide bonds. The van der Waals surface area contributed by atoms with Gasteiger partial charge in [-0.1, -0.05) is 48.5 Å². The summed E-state index contributed by atoms with van der Waals surface area (Å²) in [5, 5.41) is 22.9. The molecule has 3 atom stereocenters. The van der Waals surface area contributed by atoms with Crippen LogP contribution in [0.25, 0.3) is 11.1 Å². The van der Waals surface area contributed by atoms with Crippen LogP contribution < -0.4 is 10.6 Å². The lowest BCUT2D eigenvalue weighted by Crippen LogP contribution is -2.37. The Hall–Kier alpha value is -3.39. The van der Waals surface area contributed by atoms with E-state index in [0.717, 1.165) is 22.3 Å². The van der Waals surface area contributed by atoms with Crippen molar-refractivity contribution in [2.24, 2.45) is 11.8 Å². The number of aliphatic hydroxyl groups is 1. The van der Waals surface area contributed by atoms with Crippen molar-refractivity contribution in [3.63, 3.8) is 0 Å². The topological polar surface area (TPSA) is 125 Å². The van der Waals surface area contributed by atoms with Gasteiger partial charge in [-0.2, -0.15) is 0 Å². The first kappa shape index (κ1) is 20.9. The van der Waals surface area contributed by atoms with Gasteiger partial charge in [0.25, 0.3) is 0 Å². The summed E-state index contributed by atoms with van der Waals surface area (Å²) in [4.78, 5) is 34.7. The Morgan fingerprint density at radius 1 is 1.00 bits per heavy atom. The highest BCUT2D eigenvalue weighted by Crippen LogP contribution is 2.44. The first-order valence-corrected chi connectivity index (χ1v) is 10.2. The number of benzene rings is 2. The molecule has 2 aliphatic rings. The second kappa shape index (κ2) is 8.77. The molecule has 0 heterocycles. The third-order valence-electron chi connectivity index (χ3n) is 5.87. The van der Waals surface area contributed by atoms with Crippen molar-refractivity contribution in [3.8, 4) is 11.1 Å². The van der Waals surface area contributed by atoms with E-state index in [1.54, 1.807) is 0 Å². The highest BCUT2D eigenvalue weighted by Gasteiger charge is 2.43. The molecular formula is C23H24N2O6. The third kappa shape index (κ3) is 4.54. The molecule has 0 aromatic heterocycles. The zero-order valence-electron chi connectivity index (χ0n) is 16.8. The fourth-order valence-electron chi connectivity index (χ4n) is 4.07. The lowest BCUT2D eigenvalue weighted by Gasteiger charge is -2.14. The first-order chi connectivity index (χ1) is 15.0. The second-order valence-corrected chi connectivity index (χ2v) is 7.91. The fourth-order valence-corrected chi connectivity index (χ4v) is 4.07. The highest BCUT2D eigenvalue weighted by atomic mass is 16.5. The minimum atomic E-state index is -1.62. The van der Waals surface area contributed by atoms with Crippen molar-refractivity contribution in [1.82, 2.24) is 10.6 Å². The molecule has 31 heavy (non-hydrogen) atoms. The molecule has 2 aromatic carbocycles. The zero-order valence-corrected chi connectivity index (χ0v) is 16.8. The summed E-state index contributed by atoms with van der Waals surface area (Å²) in [5.41, 5.74) is 4.59. The summed E-state index contributed by atoms with van der Waals surface area (Å²) < 4.78 is 5.47. The summed E-state index contributed by atoms with van der Waals surface area (Å²) >= 11 is 0. The fraction of sp³-hybridized carbons (Fsp3) is 0.348. The quantitative estimate of drug-likeness (QED) is 0.511.